The second-order valence-corrected chi connectivity index (χ2v) is 6.46. The molecule has 0 amide bonds. The molecule has 0 radical (unpaired) electrons. The molecule has 0 spiro atoms. The van der Waals surface area contributed by atoms with Gasteiger partial charge in [-0.15, -0.1) is 0 Å². The molecule has 0 bridgehead atoms. The maximum Gasteiger partial charge on any atom is 0.337 e. The minimum Gasteiger partial charge on any atom is -0.465 e. The number of ether oxygens (including phenoxy) is 1. The molecule has 2 aromatic heterocycles. The van der Waals surface area contributed by atoms with Gasteiger partial charge in [-0.05, 0) is 30.3 Å². The number of nitrogens with one attached hydrogen (secondary N) is 1. The van der Waals surface area contributed by atoms with E-state index in [4.69, 9.17) is 4.74 Å². The van der Waals surface area contributed by atoms with E-state index in [-0.39, 0.29) is 5.97 Å². The summed E-state index contributed by atoms with van der Waals surface area (Å²) in [4.78, 5) is 33.6. The second kappa shape index (κ2) is 8.51. The molecule has 9 nitrogen and oxygen atoms in total. The van der Waals surface area contributed by atoms with Crippen molar-refractivity contribution >= 4 is 29.4 Å². The molecule has 4 rings (SSSR count). The third-order valence-electron chi connectivity index (χ3n) is 4.60. The number of piperazine rings is 1. The Labute approximate surface area is 168 Å². The van der Waals surface area contributed by atoms with Gasteiger partial charge in [-0.1, -0.05) is 6.07 Å². The van der Waals surface area contributed by atoms with Gasteiger partial charge < -0.3 is 19.9 Å². The molecule has 0 aliphatic carbocycles. The summed E-state index contributed by atoms with van der Waals surface area (Å²) in [5.74, 6) is 1.69. The number of hydrogen-bond donors (Lipinski definition) is 1. The molecule has 29 heavy (non-hydrogen) atoms. The van der Waals surface area contributed by atoms with E-state index in [1.165, 1.54) is 7.11 Å². The van der Waals surface area contributed by atoms with Crippen molar-refractivity contribution in [3.8, 4) is 0 Å². The van der Waals surface area contributed by atoms with Gasteiger partial charge in [0.2, 0.25) is 11.9 Å². The van der Waals surface area contributed by atoms with Crippen molar-refractivity contribution in [1.82, 2.24) is 19.9 Å². The van der Waals surface area contributed by atoms with Crippen LogP contribution in [0.25, 0.3) is 0 Å². The van der Waals surface area contributed by atoms with Crippen LogP contribution in [0, 0.1) is 0 Å². The summed E-state index contributed by atoms with van der Waals surface area (Å²) < 4.78 is 4.77. The fourth-order valence-electron chi connectivity index (χ4n) is 3.12. The molecule has 1 aromatic carbocycles. The summed E-state index contributed by atoms with van der Waals surface area (Å²) in [5.41, 5.74) is 1.23. The predicted molar refractivity (Wildman–Crippen MR) is 110 cm³/mol. The van der Waals surface area contributed by atoms with Crippen LogP contribution in [0.2, 0.25) is 0 Å². The number of rotatable bonds is 5. The van der Waals surface area contributed by atoms with Crippen molar-refractivity contribution in [2.24, 2.45) is 0 Å². The van der Waals surface area contributed by atoms with Crippen LogP contribution >= 0.6 is 0 Å². The molecule has 3 aromatic rings. The molecule has 1 aliphatic heterocycles. The van der Waals surface area contributed by atoms with E-state index in [9.17, 15) is 4.79 Å². The highest BCUT2D eigenvalue weighted by atomic mass is 16.5. The average molecular weight is 391 g/mol. The highest BCUT2D eigenvalue weighted by molar-refractivity contribution is 5.90. The van der Waals surface area contributed by atoms with E-state index in [0.29, 0.717) is 17.3 Å². The van der Waals surface area contributed by atoms with Crippen LogP contribution in [0.5, 0.6) is 0 Å². The molecular formula is C20H21N7O2. The molecule has 0 atom stereocenters. The topological polar surface area (TPSA) is 96.4 Å². The van der Waals surface area contributed by atoms with Gasteiger partial charge in [0.1, 0.15) is 5.82 Å². The van der Waals surface area contributed by atoms with Crippen molar-refractivity contribution in [1.29, 1.82) is 0 Å². The molecular weight excluding hydrogens is 370 g/mol. The number of carbonyl (C=O) groups excluding carboxylic acids is 1. The lowest BCUT2D eigenvalue weighted by molar-refractivity contribution is 0.0601. The number of carbonyl (C=O) groups is 1. The van der Waals surface area contributed by atoms with Crippen molar-refractivity contribution in [3.05, 3.63) is 60.6 Å². The molecule has 3 heterocycles. The van der Waals surface area contributed by atoms with Gasteiger partial charge in [0.15, 0.2) is 0 Å². The number of benzene rings is 1. The summed E-state index contributed by atoms with van der Waals surface area (Å²) in [6.45, 7) is 3.15. The lowest BCUT2D eigenvalue weighted by atomic mass is 10.2. The van der Waals surface area contributed by atoms with Crippen LogP contribution in [0.3, 0.4) is 0 Å². The lowest BCUT2D eigenvalue weighted by Crippen LogP contribution is -2.47. The molecule has 0 unspecified atom stereocenters. The highest BCUT2D eigenvalue weighted by Gasteiger charge is 2.20. The number of nitrogens with zero attached hydrogens (tertiary/aromatic N) is 6. The van der Waals surface area contributed by atoms with Crippen LogP contribution in [0.4, 0.5) is 23.4 Å². The van der Waals surface area contributed by atoms with Gasteiger partial charge in [-0.2, -0.15) is 4.98 Å². The van der Waals surface area contributed by atoms with E-state index >= 15 is 0 Å². The van der Waals surface area contributed by atoms with E-state index in [0.717, 1.165) is 37.8 Å². The van der Waals surface area contributed by atoms with E-state index in [1.54, 1.807) is 42.9 Å². The Morgan fingerprint density at radius 1 is 0.931 bits per heavy atom. The Balaban J connectivity index is 1.42. The Hall–Kier alpha value is -3.75. The lowest BCUT2D eigenvalue weighted by Gasteiger charge is -2.34. The largest absolute Gasteiger partial charge is 0.465 e. The smallest absolute Gasteiger partial charge is 0.337 e. The first-order chi connectivity index (χ1) is 14.2. The normalized spacial score (nSPS) is 13.8. The molecule has 1 aliphatic rings. The number of esters is 1. The third-order valence-corrected chi connectivity index (χ3v) is 4.60. The Bertz CT molecular complexity index is 975. The van der Waals surface area contributed by atoms with Crippen LogP contribution in [0.1, 0.15) is 10.4 Å². The molecule has 0 saturated carbocycles. The average Bonchev–Trinajstić information content (AvgIpc) is 2.79. The zero-order valence-electron chi connectivity index (χ0n) is 16.0. The van der Waals surface area contributed by atoms with Crippen molar-refractivity contribution in [3.63, 3.8) is 0 Å². The molecule has 148 valence electrons. The summed E-state index contributed by atoms with van der Waals surface area (Å²) in [6, 6.07) is 10.7. The Morgan fingerprint density at radius 2 is 1.62 bits per heavy atom. The predicted octanol–water partition coefficient (Wildman–Crippen LogP) is 2.12. The van der Waals surface area contributed by atoms with Gasteiger partial charge in [0.05, 0.1) is 12.7 Å². The summed E-state index contributed by atoms with van der Waals surface area (Å²) >= 11 is 0. The highest BCUT2D eigenvalue weighted by Crippen LogP contribution is 2.20. The van der Waals surface area contributed by atoms with E-state index in [1.807, 2.05) is 12.1 Å². The maximum absolute atomic E-state index is 11.7. The van der Waals surface area contributed by atoms with E-state index < -0.39 is 0 Å². The second-order valence-electron chi connectivity index (χ2n) is 6.46. The van der Waals surface area contributed by atoms with Crippen LogP contribution in [-0.4, -0.2) is 59.2 Å². The summed E-state index contributed by atoms with van der Waals surface area (Å²) in [5, 5.41) is 3.22. The van der Waals surface area contributed by atoms with Crippen molar-refractivity contribution in [2.75, 3.05) is 48.4 Å². The Kier molecular flexibility index (Phi) is 5.46. The monoisotopic (exact) mass is 391 g/mol. The molecule has 1 N–H and O–H groups in total. The zero-order valence-corrected chi connectivity index (χ0v) is 16.0. The van der Waals surface area contributed by atoms with Crippen LogP contribution in [-0.2, 0) is 4.74 Å². The minimum atomic E-state index is -0.378. The number of anilines is 4. The summed E-state index contributed by atoms with van der Waals surface area (Å²) in [6.07, 6.45) is 5.23. The quantitative estimate of drug-likeness (QED) is 0.656. The van der Waals surface area contributed by atoms with Gasteiger partial charge in [-0.3, -0.25) is 0 Å². The first-order valence-electron chi connectivity index (χ1n) is 9.28. The number of aromatic nitrogens is 4. The van der Waals surface area contributed by atoms with Crippen molar-refractivity contribution in [2.45, 2.75) is 0 Å². The number of methoxy groups -OCH3 is 1. The third kappa shape index (κ3) is 4.40. The van der Waals surface area contributed by atoms with Crippen LogP contribution < -0.4 is 15.1 Å². The first-order valence-corrected chi connectivity index (χ1v) is 9.28. The number of hydrogen-bond acceptors (Lipinski definition) is 9. The van der Waals surface area contributed by atoms with Gasteiger partial charge in [0, 0.05) is 50.5 Å². The maximum atomic E-state index is 11.7. The van der Waals surface area contributed by atoms with Crippen molar-refractivity contribution < 1.29 is 9.53 Å². The SMILES string of the molecule is COC(=O)c1cccc(Nc2ccnc(N3CCN(c4ncccn4)CC3)n2)c1. The van der Waals surface area contributed by atoms with Gasteiger partial charge in [-0.25, -0.2) is 19.7 Å². The fourth-order valence-corrected chi connectivity index (χ4v) is 3.12. The van der Waals surface area contributed by atoms with Gasteiger partial charge in [0.25, 0.3) is 0 Å². The minimum absolute atomic E-state index is 0.378. The molecule has 1 fully saturated rings. The molecule has 1 saturated heterocycles. The standard InChI is InChI=1S/C20H21N7O2/c1-29-18(28)15-4-2-5-16(14-15)24-17-6-9-23-20(25-17)27-12-10-26(11-13-27)19-21-7-3-8-22-19/h2-9,14H,10-13H2,1H3,(H,23,24,25). The first kappa shape index (κ1) is 18.6. The van der Waals surface area contributed by atoms with Crippen LogP contribution in [0.15, 0.2) is 55.0 Å². The fraction of sp³-hybridized carbons (Fsp3) is 0.250. The summed E-state index contributed by atoms with van der Waals surface area (Å²) in [7, 11) is 1.36. The van der Waals surface area contributed by atoms with E-state index in [2.05, 4.69) is 35.1 Å². The zero-order chi connectivity index (χ0) is 20.1. The molecule has 9 heteroatoms. The Morgan fingerprint density at radius 3 is 2.34 bits per heavy atom. The van der Waals surface area contributed by atoms with Gasteiger partial charge >= 0.3 is 5.97 Å².